The Labute approximate surface area is 106 Å². The van der Waals surface area contributed by atoms with Gasteiger partial charge in [-0.25, -0.2) is 4.39 Å². The number of halogens is 2. The van der Waals surface area contributed by atoms with Crippen molar-refractivity contribution in [3.8, 4) is 0 Å². The van der Waals surface area contributed by atoms with E-state index in [1.807, 2.05) is 0 Å². The Kier molecular flexibility index (Phi) is 2.66. The lowest BCUT2D eigenvalue weighted by atomic mass is 9.93. The summed E-state index contributed by atoms with van der Waals surface area (Å²) in [5.41, 5.74) is 1.96. The topological polar surface area (TPSA) is 24.1 Å². The average molecular weight is 255 g/mol. The lowest BCUT2D eigenvalue weighted by Gasteiger charge is -2.29. The summed E-state index contributed by atoms with van der Waals surface area (Å²) in [4.78, 5) is 0. The molecule has 0 aromatic heterocycles. The molecule has 0 unspecified atom stereocenters. The quantitative estimate of drug-likeness (QED) is 0.731. The average Bonchev–Trinajstić information content (AvgIpc) is 2.66. The Morgan fingerprint density at radius 1 is 1.12 bits per heavy atom. The molecule has 17 heavy (non-hydrogen) atoms. The molecule has 3 rings (SSSR count). The first-order valence-electron chi connectivity index (χ1n) is 6.20. The number of hydrogen-bond donors (Lipinski definition) is 2. The lowest BCUT2D eigenvalue weighted by molar-refractivity contribution is 0.461. The molecule has 1 heterocycles. The summed E-state index contributed by atoms with van der Waals surface area (Å²) in [5, 5.41) is 7.06. The summed E-state index contributed by atoms with van der Waals surface area (Å²) >= 11 is 5.85. The molecular formula is C13H16ClFN2. The van der Waals surface area contributed by atoms with Gasteiger partial charge in [0.1, 0.15) is 5.82 Å². The van der Waals surface area contributed by atoms with Gasteiger partial charge in [0.25, 0.3) is 0 Å². The molecule has 0 radical (unpaired) electrons. The minimum atomic E-state index is -0.359. The van der Waals surface area contributed by atoms with Crippen LogP contribution >= 0.6 is 11.6 Å². The van der Waals surface area contributed by atoms with Gasteiger partial charge in [0.2, 0.25) is 0 Å². The second-order valence-corrected chi connectivity index (χ2v) is 5.51. The fraction of sp³-hybridized carbons (Fsp3) is 0.538. The number of fused-ring (bicyclic) bond motifs is 1. The van der Waals surface area contributed by atoms with Gasteiger partial charge in [-0.05, 0) is 25.3 Å². The Balaban J connectivity index is 1.98. The van der Waals surface area contributed by atoms with E-state index in [1.54, 1.807) is 6.07 Å². The maximum absolute atomic E-state index is 13.4. The molecule has 1 aromatic rings. The third-order valence-electron chi connectivity index (χ3n) is 3.94. The van der Waals surface area contributed by atoms with Crippen LogP contribution in [0.5, 0.6) is 0 Å². The Bertz CT molecular complexity index is 441. The van der Waals surface area contributed by atoms with Crippen molar-refractivity contribution in [2.75, 3.05) is 17.2 Å². The van der Waals surface area contributed by atoms with Crippen LogP contribution in [0.4, 0.5) is 15.8 Å². The van der Waals surface area contributed by atoms with Crippen LogP contribution < -0.4 is 10.6 Å². The van der Waals surface area contributed by atoms with E-state index in [4.69, 9.17) is 11.6 Å². The van der Waals surface area contributed by atoms with Crippen LogP contribution in [0.1, 0.15) is 32.1 Å². The highest BCUT2D eigenvalue weighted by Crippen LogP contribution is 2.41. The van der Waals surface area contributed by atoms with E-state index in [0.717, 1.165) is 24.3 Å². The summed E-state index contributed by atoms with van der Waals surface area (Å²) in [6, 6.07) is 3.18. The van der Waals surface area contributed by atoms with Gasteiger partial charge in [-0.2, -0.15) is 0 Å². The molecule has 1 aliphatic heterocycles. The molecule has 1 spiro atoms. The van der Waals surface area contributed by atoms with Crippen LogP contribution in [0.15, 0.2) is 12.1 Å². The van der Waals surface area contributed by atoms with E-state index in [9.17, 15) is 4.39 Å². The molecule has 2 aliphatic rings. The molecule has 1 aromatic carbocycles. The van der Waals surface area contributed by atoms with E-state index in [0.29, 0.717) is 0 Å². The minimum absolute atomic E-state index is 0.188. The molecule has 0 atom stereocenters. The second-order valence-electron chi connectivity index (χ2n) is 5.10. The largest absolute Gasteiger partial charge is 0.383 e. The van der Waals surface area contributed by atoms with E-state index < -0.39 is 0 Å². The van der Waals surface area contributed by atoms with Crippen molar-refractivity contribution >= 4 is 23.0 Å². The van der Waals surface area contributed by atoms with Crippen molar-refractivity contribution in [1.82, 2.24) is 0 Å². The summed E-state index contributed by atoms with van der Waals surface area (Å²) < 4.78 is 13.4. The fourth-order valence-electron chi connectivity index (χ4n) is 3.01. The van der Waals surface area contributed by atoms with Crippen molar-refractivity contribution < 1.29 is 4.39 Å². The van der Waals surface area contributed by atoms with Crippen LogP contribution in [0.3, 0.4) is 0 Å². The summed E-state index contributed by atoms with van der Waals surface area (Å²) in [6.07, 6.45) is 6.03. The van der Waals surface area contributed by atoms with Crippen molar-refractivity contribution in [3.63, 3.8) is 0 Å². The van der Waals surface area contributed by atoms with Gasteiger partial charge in [0.15, 0.2) is 0 Å². The zero-order valence-electron chi connectivity index (χ0n) is 9.65. The predicted octanol–water partition coefficient (Wildman–Crippen LogP) is 4.02. The summed E-state index contributed by atoms with van der Waals surface area (Å²) in [5.74, 6) is -0.359. The standard InChI is InChI=1S/C13H16ClFN2/c14-9-7-12-11(8-10(9)15)16-6-5-13(17-12)3-1-2-4-13/h7-8,16-17H,1-6H2. The van der Waals surface area contributed by atoms with E-state index in [2.05, 4.69) is 10.6 Å². The Morgan fingerprint density at radius 2 is 1.88 bits per heavy atom. The van der Waals surface area contributed by atoms with Gasteiger partial charge in [0, 0.05) is 18.2 Å². The van der Waals surface area contributed by atoms with E-state index in [1.165, 1.54) is 31.7 Å². The zero-order valence-corrected chi connectivity index (χ0v) is 10.4. The SMILES string of the molecule is Fc1cc2c(cc1Cl)NC1(CCCC1)CCN2. The van der Waals surface area contributed by atoms with Gasteiger partial charge < -0.3 is 10.6 Å². The molecular weight excluding hydrogens is 239 g/mol. The highest BCUT2D eigenvalue weighted by molar-refractivity contribution is 6.31. The molecule has 1 aliphatic carbocycles. The maximum Gasteiger partial charge on any atom is 0.143 e. The normalized spacial score (nSPS) is 21.5. The highest BCUT2D eigenvalue weighted by Gasteiger charge is 2.35. The van der Waals surface area contributed by atoms with E-state index in [-0.39, 0.29) is 16.4 Å². The molecule has 2 N–H and O–H groups in total. The summed E-state index contributed by atoms with van der Waals surface area (Å²) in [6.45, 7) is 0.890. The van der Waals surface area contributed by atoms with Gasteiger partial charge >= 0.3 is 0 Å². The molecule has 0 amide bonds. The number of nitrogens with one attached hydrogen (secondary N) is 2. The van der Waals surface area contributed by atoms with Crippen molar-refractivity contribution in [1.29, 1.82) is 0 Å². The number of hydrogen-bond acceptors (Lipinski definition) is 2. The first-order chi connectivity index (χ1) is 8.19. The number of rotatable bonds is 0. The molecule has 0 saturated heterocycles. The van der Waals surface area contributed by atoms with E-state index >= 15 is 0 Å². The minimum Gasteiger partial charge on any atom is -0.383 e. The monoisotopic (exact) mass is 254 g/mol. The molecule has 1 fully saturated rings. The molecule has 92 valence electrons. The van der Waals surface area contributed by atoms with Gasteiger partial charge in [0.05, 0.1) is 16.4 Å². The lowest BCUT2D eigenvalue weighted by Crippen LogP contribution is -2.35. The van der Waals surface area contributed by atoms with Crippen LogP contribution in [-0.4, -0.2) is 12.1 Å². The number of anilines is 2. The first-order valence-corrected chi connectivity index (χ1v) is 6.57. The van der Waals surface area contributed by atoms with Crippen LogP contribution in [0, 0.1) is 5.82 Å². The summed E-state index contributed by atoms with van der Waals surface area (Å²) in [7, 11) is 0. The number of benzene rings is 1. The maximum atomic E-state index is 13.4. The van der Waals surface area contributed by atoms with Gasteiger partial charge in [-0.15, -0.1) is 0 Å². The Hall–Kier alpha value is -0.960. The predicted molar refractivity (Wildman–Crippen MR) is 69.3 cm³/mol. The molecule has 4 heteroatoms. The molecule has 0 bridgehead atoms. The smallest absolute Gasteiger partial charge is 0.143 e. The van der Waals surface area contributed by atoms with Crippen molar-refractivity contribution in [2.24, 2.45) is 0 Å². The molecule has 2 nitrogen and oxygen atoms in total. The third-order valence-corrected chi connectivity index (χ3v) is 4.23. The van der Waals surface area contributed by atoms with Crippen LogP contribution in [0.2, 0.25) is 5.02 Å². The first kappa shape index (κ1) is 11.1. The Morgan fingerprint density at radius 3 is 2.65 bits per heavy atom. The zero-order chi connectivity index (χ0) is 11.9. The molecule has 1 saturated carbocycles. The van der Waals surface area contributed by atoms with Crippen molar-refractivity contribution in [2.45, 2.75) is 37.6 Å². The van der Waals surface area contributed by atoms with Crippen LogP contribution in [-0.2, 0) is 0 Å². The van der Waals surface area contributed by atoms with Crippen molar-refractivity contribution in [3.05, 3.63) is 23.0 Å². The van der Waals surface area contributed by atoms with Crippen LogP contribution in [0.25, 0.3) is 0 Å². The van der Waals surface area contributed by atoms with Gasteiger partial charge in [-0.1, -0.05) is 24.4 Å². The third kappa shape index (κ3) is 1.97. The highest BCUT2D eigenvalue weighted by atomic mass is 35.5. The second kappa shape index (κ2) is 4.05. The van der Waals surface area contributed by atoms with Gasteiger partial charge in [-0.3, -0.25) is 0 Å². The fourth-order valence-corrected chi connectivity index (χ4v) is 3.17.